The summed E-state index contributed by atoms with van der Waals surface area (Å²) in [6, 6.07) is 15.5. The molecule has 2 aromatic rings. The van der Waals surface area contributed by atoms with Crippen LogP contribution in [0, 0.1) is 0 Å². The van der Waals surface area contributed by atoms with Crippen LogP contribution in [-0.2, 0) is 10.0 Å². The molecule has 6 nitrogen and oxygen atoms in total. The van der Waals surface area contributed by atoms with Crippen LogP contribution in [-0.4, -0.2) is 69.0 Å². The third kappa shape index (κ3) is 4.37. The lowest BCUT2D eigenvalue weighted by atomic mass is 9.99. The number of ether oxygens (including phenoxy) is 1. The zero-order valence-corrected chi connectivity index (χ0v) is 19.1. The van der Waals surface area contributed by atoms with Crippen molar-refractivity contribution in [2.24, 2.45) is 0 Å². The smallest absolute Gasteiger partial charge is 0.211 e. The monoisotopic (exact) mass is 490 g/mol. The van der Waals surface area contributed by atoms with Gasteiger partial charge < -0.3 is 4.74 Å². The highest BCUT2D eigenvalue weighted by molar-refractivity contribution is 9.12. The molecule has 0 unspecified atom stereocenters. The van der Waals surface area contributed by atoms with E-state index in [-0.39, 0.29) is 5.78 Å². The van der Waals surface area contributed by atoms with E-state index in [0.717, 1.165) is 16.7 Å². The number of ketones is 1. The van der Waals surface area contributed by atoms with Gasteiger partial charge in [-0.25, -0.2) is 8.42 Å². The number of hydrogen-bond donors (Lipinski definition) is 0. The van der Waals surface area contributed by atoms with Crippen LogP contribution in [0.2, 0.25) is 0 Å². The van der Waals surface area contributed by atoms with Crippen LogP contribution in [0.25, 0.3) is 5.57 Å². The fourth-order valence-corrected chi connectivity index (χ4v) is 5.32. The lowest BCUT2D eigenvalue weighted by Crippen LogP contribution is -2.49. The summed E-state index contributed by atoms with van der Waals surface area (Å²) in [7, 11) is -3.12. The number of benzene rings is 2. The van der Waals surface area contributed by atoms with E-state index in [1.165, 1.54) is 10.6 Å². The third-order valence-electron chi connectivity index (χ3n) is 5.46. The Labute approximate surface area is 185 Å². The normalized spacial score (nSPS) is 18.0. The summed E-state index contributed by atoms with van der Waals surface area (Å²) in [5, 5.41) is 0. The van der Waals surface area contributed by atoms with Gasteiger partial charge in [-0.3, -0.25) is 9.69 Å². The summed E-state index contributed by atoms with van der Waals surface area (Å²) in [5.74, 6) is 0.623. The number of allylic oxidation sites excluding steroid dienone is 1. The topological polar surface area (TPSA) is 66.9 Å². The Morgan fingerprint density at radius 2 is 1.70 bits per heavy atom. The molecule has 2 aliphatic rings. The van der Waals surface area contributed by atoms with Crippen molar-refractivity contribution < 1.29 is 17.9 Å². The van der Waals surface area contributed by atoms with Gasteiger partial charge in [0.2, 0.25) is 15.8 Å². The molecule has 2 aromatic carbocycles. The molecule has 1 aliphatic carbocycles. The summed E-state index contributed by atoms with van der Waals surface area (Å²) >= 11 is 3.47. The number of carbonyl (C=O) groups excluding carboxylic acids is 1. The van der Waals surface area contributed by atoms with Gasteiger partial charge in [0.25, 0.3) is 0 Å². The first-order chi connectivity index (χ1) is 14.3. The fraction of sp³-hybridized carbons (Fsp3) is 0.318. The van der Waals surface area contributed by atoms with E-state index in [1.54, 1.807) is 6.07 Å². The van der Waals surface area contributed by atoms with Crippen LogP contribution in [0.4, 0.5) is 0 Å². The first-order valence-electron chi connectivity index (χ1n) is 9.79. The highest BCUT2D eigenvalue weighted by Crippen LogP contribution is 2.41. The third-order valence-corrected chi connectivity index (χ3v) is 7.52. The Morgan fingerprint density at radius 3 is 2.37 bits per heavy atom. The molecule has 1 heterocycles. The van der Waals surface area contributed by atoms with Crippen LogP contribution in [0.15, 0.2) is 53.0 Å². The van der Waals surface area contributed by atoms with Crippen molar-refractivity contribution in [2.75, 3.05) is 45.6 Å². The maximum atomic E-state index is 12.7. The minimum Gasteiger partial charge on any atom is -0.492 e. The van der Waals surface area contributed by atoms with E-state index in [0.29, 0.717) is 55.1 Å². The molecule has 8 heteroatoms. The molecule has 0 aromatic heterocycles. The molecule has 1 fully saturated rings. The number of rotatable bonds is 6. The zero-order chi connectivity index (χ0) is 21.3. The number of piperazine rings is 1. The summed E-state index contributed by atoms with van der Waals surface area (Å²) in [5.41, 5.74) is 3.45. The van der Waals surface area contributed by atoms with Gasteiger partial charge in [-0.1, -0.05) is 30.3 Å². The molecule has 0 amide bonds. The van der Waals surface area contributed by atoms with E-state index in [2.05, 4.69) is 20.8 Å². The summed E-state index contributed by atoms with van der Waals surface area (Å²) in [6.45, 7) is 3.58. The largest absolute Gasteiger partial charge is 0.492 e. The summed E-state index contributed by atoms with van der Waals surface area (Å²) in [4.78, 5) is 14.9. The first-order valence-corrected chi connectivity index (χ1v) is 12.4. The number of sulfonamides is 1. The average molecular weight is 491 g/mol. The Morgan fingerprint density at radius 1 is 1.00 bits per heavy atom. The van der Waals surface area contributed by atoms with Crippen molar-refractivity contribution in [3.05, 3.63) is 69.7 Å². The molecule has 0 bridgehead atoms. The minimum absolute atomic E-state index is 0.0359. The number of fused-ring (bicyclic) bond motifs is 1. The Balaban J connectivity index is 1.38. The number of halogens is 1. The molecule has 158 valence electrons. The van der Waals surface area contributed by atoms with Crippen LogP contribution in [0.1, 0.15) is 21.5 Å². The quantitative estimate of drug-likeness (QED) is 0.622. The first kappa shape index (κ1) is 21.2. The van der Waals surface area contributed by atoms with E-state index in [9.17, 15) is 13.2 Å². The van der Waals surface area contributed by atoms with Crippen molar-refractivity contribution in [2.45, 2.75) is 0 Å². The second-order valence-corrected chi connectivity index (χ2v) is 10.2. The highest BCUT2D eigenvalue weighted by Gasteiger charge is 2.29. The van der Waals surface area contributed by atoms with Gasteiger partial charge >= 0.3 is 0 Å². The molecule has 0 radical (unpaired) electrons. The fourth-order valence-electron chi connectivity index (χ4n) is 3.83. The number of nitrogens with zero attached hydrogens (tertiary/aromatic N) is 2. The van der Waals surface area contributed by atoms with Crippen molar-refractivity contribution in [3.63, 3.8) is 0 Å². The second-order valence-electron chi connectivity index (χ2n) is 7.44. The highest BCUT2D eigenvalue weighted by atomic mass is 79.9. The Hall–Kier alpha value is -2.00. The maximum Gasteiger partial charge on any atom is 0.211 e. The predicted octanol–water partition coefficient (Wildman–Crippen LogP) is 2.99. The van der Waals surface area contributed by atoms with Crippen LogP contribution in [0.3, 0.4) is 0 Å². The van der Waals surface area contributed by atoms with Gasteiger partial charge in [0.15, 0.2) is 0 Å². The minimum atomic E-state index is -3.12. The standard InChI is InChI=1S/C22H23BrN2O4S/c1-30(27,28)25-11-9-24(10-12-25)13-14-29-17-7-8-18-19(15-17)22(26)21(23)20(18)16-5-3-2-4-6-16/h2-8,15H,9-14H2,1H3. The molecule has 0 spiro atoms. The predicted molar refractivity (Wildman–Crippen MR) is 121 cm³/mol. The Kier molecular flexibility index (Phi) is 6.11. The molecule has 4 rings (SSSR count). The Bertz CT molecular complexity index is 1090. The zero-order valence-electron chi connectivity index (χ0n) is 16.7. The van der Waals surface area contributed by atoms with E-state index in [1.807, 2.05) is 42.5 Å². The second kappa shape index (κ2) is 8.63. The van der Waals surface area contributed by atoms with Gasteiger partial charge in [-0.15, -0.1) is 0 Å². The van der Waals surface area contributed by atoms with Crippen molar-refractivity contribution in [3.8, 4) is 5.75 Å². The van der Waals surface area contributed by atoms with Gasteiger partial charge in [-0.05, 0) is 45.3 Å². The maximum absolute atomic E-state index is 12.7. The number of Topliss-reactive ketones (excluding diaryl/α,β-unsaturated/α-hetero) is 1. The van der Waals surface area contributed by atoms with Crippen molar-refractivity contribution in [1.82, 2.24) is 9.21 Å². The molecule has 0 N–H and O–H groups in total. The molecule has 30 heavy (non-hydrogen) atoms. The number of carbonyl (C=O) groups is 1. The van der Waals surface area contributed by atoms with Gasteiger partial charge in [-0.2, -0.15) is 4.31 Å². The van der Waals surface area contributed by atoms with Gasteiger partial charge in [0.1, 0.15) is 12.4 Å². The summed E-state index contributed by atoms with van der Waals surface area (Å²) < 4.78 is 31.2. The molecular formula is C22H23BrN2O4S. The summed E-state index contributed by atoms with van der Waals surface area (Å²) in [6.07, 6.45) is 1.25. The lowest BCUT2D eigenvalue weighted by molar-refractivity contribution is 0.104. The van der Waals surface area contributed by atoms with Crippen molar-refractivity contribution >= 4 is 37.3 Å². The van der Waals surface area contributed by atoms with Gasteiger partial charge in [0.05, 0.1) is 10.7 Å². The average Bonchev–Trinajstić information content (AvgIpc) is 2.98. The SMILES string of the molecule is CS(=O)(=O)N1CCN(CCOc2ccc3c(c2)C(=O)C(Br)=C3c2ccccc2)CC1. The van der Waals surface area contributed by atoms with Crippen LogP contribution in [0.5, 0.6) is 5.75 Å². The van der Waals surface area contributed by atoms with E-state index >= 15 is 0 Å². The van der Waals surface area contributed by atoms with Gasteiger partial charge in [0, 0.05) is 43.9 Å². The van der Waals surface area contributed by atoms with Crippen LogP contribution >= 0.6 is 15.9 Å². The van der Waals surface area contributed by atoms with Crippen molar-refractivity contribution in [1.29, 1.82) is 0 Å². The molecule has 0 atom stereocenters. The number of hydrogen-bond acceptors (Lipinski definition) is 5. The molecule has 1 aliphatic heterocycles. The molecule has 0 saturated carbocycles. The van der Waals surface area contributed by atoms with Crippen LogP contribution < -0.4 is 4.74 Å². The molecule has 1 saturated heterocycles. The van der Waals surface area contributed by atoms with E-state index in [4.69, 9.17) is 4.74 Å². The molecular weight excluding hydrogens is 468 g/mol. The van der Waals surface area contributed by atoms with E-state index < -0.39 is 10.0 Å². The lowest BCUT2D eigenvalue weighted by Gasteiger charge is -2.33.